The molecular formula is C26H33ClN4O3. The van der Waals surface area contributed by atoms with E-state index < -0.39 is 0 Å². The topological polar surface area (TPSA) is 67.7 Å². The second kappa shape index (κ2) is 9.70. The molecule has 1 aromatic heterocycles. The number of carbonyl (C=O) groups is 2. The lowest BCUT2D eigenvalue weighted by molar-refractivity contribution is -0.133. The first kappa shape index (κ1) is 23.4. The van der Waals surface area contributed by atoms with Gasteiger partial charge in [-0.15, -0.1) is 0 Å². The predicted molar refractivity (Wildman–Crippen MR) is 130 cm³/mol. The SMILES string of the molecule is C[C@@H]1CN(C(=O)c2nn(CC(=O)N3CCC(c4ccc(Cl)cc4)CC3)c3c2CCC3)C[C@H](C)O1. The molecule has 3 heterocycles. The molecule has 3 aliphatic rings. The quantitative estimate of drug-likeness (QED) is 0.664. The maximum Gasteiger partial charge on any atom is 0.274 e. The maximum absolute atomic E-state index is 13.3. The van der Waals surface area contributed by atoms with Crippen LogP contribution in [0.4, 0.5) is 0 Å². The fraction of sp³-hybridized carbons (Fsp3) is 0.577. The highest BCUT2D eigenvalue weighted by molar-refractivity contribution is 6.30. The first-order chi connectivity index (χ1) is 16.4. The number of likely N-dealkylation sites (tertiary alicyclic amines) is 1. The molecule has 7 nitrogen and oxygen atoms in total. The molecule has 2 aliphatic heterocycles. The van der Waals surface area contributed by atoms with Crippen LogP contribution in [0.1, 0.15) is 66.3 Å². The molecule has 0 saturated carbocycles. The molecular weight excluding hydrogens is 452 g/mol. The minimum absolute atomic E-state index is 0.0141. The Morgan fingerprint density at radius 1 is 1.03 bits per heavy atom. The van der Waals surface area contributed by atoms with Crippen molar-refractivity contribution in [2.75, 3.05) is 26.2 Å². The van der Waals surface area contributed by atoms with Crippen molar-refractivity contribution in [3.05, 3.63) is 51.8 Å². The zero-order valence-corrected chi connectivity index (χ0v) is 20.8. The minimum atomic E-state index is -0.0323. The molecule has 8 heteroatoms. The van der Waals surface area contributed by atoms with E-state index in [1.807, 2.05) is 35.8 Å². The number of nitrogens with zero attached hydrogens (tertiary/aromatic N) is 4. The van der Waals surface area contributed by atoms with E-state index in [0.717, 1.165) is 61.5 Å². The van der Waals surface area contributed by atoms with Gasteiger partial charge in [0.15, 0.2) is 5.69 Å². The summed E-state index contributed by atoms with van der Waals surface area (Å²) in [7, 11) is 0. The molecule has 5 rings (SSSR count). The zero-order valence-electron chi connectivity index (χ0n) is 20.0. The average molecular weight is 485 g/mol. The van der Waals surface area contributed by atoms with Crippen LogP contribution >= 0.6 is 11.6 Å². The fourth-order valence-electron chi connectivity index (χ4n) is 5.73. The summed E-state index contributed by atoms with van der Waals surface area (Å²) >= 11 is 6.02. The summed E-state index contributed by atoms with van der Waals surface area (Å²) < 4.78 is 7.59. The van der Waals surface area contributed by atoms with E-state index in [9.17, 15) is 9.59 Å². The smallest absolute Gasteiger partial charge is 0.274 e. The lowest BCUT2D eigenvalue weighted by atomic mass is 9.89. The van der Waals surface area contributed by atoms with Gasteiger partial charge in [0.25, 0.3) is 5.91 Å². The van der Waals surface area contributed by atoms with E-state index in [2.05, 4.69) is 17.2 Å². The molecule has 2 atom stereocenters. The molecule has 2 amide bonds. The number of carbonyl (C=O) groups excluding carboxylic acids is 2. The van der Waals surface area contributed by atoms with E-state index in [4.69, 9.17) is 16.3 Å². The molecule has 0 radical (unpaired) electrons. The van der Waals surface area contributed by atoms with Gasteiger partial charge in [0.05, 0.1) is 12.2 Å². The van der Waals surface area contributed by atoms with E-state index in [-0.39, 0.29) is 30.6 Å². The van der Waals surface area contributed by atoms with Crippen LogP contribution in [0.15, 0.2) is 24.3 Å². The number of benzene rings is 1. The van der Waals surface area contributed by atoms with Crippen molar-refractivity contribution in [2.24, 2.45) is 0 Å². The van der Waals surface area contributed by atoms with Gasteiger partial charge in [0.2, 0.25) is 5.91 Å². The molecule has 2 aromatic rings. The molecule has 182 valence electrons. The summed E-state index contributed by atoms with van der Waals surface area (Å²) in [5, 5.41) is 5.44. The van der Waals surface area contributed by atoms with Crippen LogP contribution in [0.2, 0.25) is 5.02 Å². The molecule has 0 spiro atoms. The Balaban J connectivity index is 1.25. The van der Waals surface area contributed by atoms with Crippen LogP contribution in [-0.2, 0) is 28.9 Å². The van der Waals surface area contributed by atoms with Gasteiger partial charge in [0, 0.05) is 42.5 Å². The number of halogens is 1. The van der Waals surface area contributed by atoms with Gasteiger partial charge in [0.1, 0.15) is 6.54 Å². The van der Waals surface area contributed by atoms with Crippen molar-refractivity contribution < 1.29 is 14.3 Å². The summed E-state index contributed by atoms with van der Waals surface area (Å²) in [5.41, 5.74) is 3.91. The first-order valence-corrected chi connectivity index (χ1v) is 12.8. The third-order valence-electron chi connectivity index (χ3n) is 7.39. The van der Waals surface area contributed by atoms with Gasteiger partial charge in [-0.1, -0.05) is 23.7 Å². The normalized spacial score (nSPS) is 23.3. The van der Waals surface area contributed by atoms with Crippen LogP contribution in [0.3, 0.4) is 0 Å². The van der Waals surface area contributed by atoms with E-state index in [1.165, 1.54) is 5.56 Å². The Bertz CT molecular complexity index is 1050. The Labute approximate surface area is 206 Å². The number of hydrogen-bond donors (Lipinski definition) is 0. The van der Waals surface area contributed by atoms with Crippen molar-refractivity contribution >= 4 is 23.4 Å². The Morgan fingerprint density at radius 2 is 1.71 bits per heavy atom. The number of fused-ring (bicyclic) bond motifs is 1. The minimum Gasteiger partial charge on any atom is -0.372 e. The molecule has 34 heavy (non-hydrogen) atoms. The molecule has 2 saturated heterocycles. The largest absolute Gasteiger partial charge is 0.372 e. The fourth-order valence-corrected chi connectivity index (χ4v) is 5.86. The maximum atomic E-state index is 13.3. The summed E-state index contributed by atoms with van der Waals surface area (Å²) in [4.78, 5) is 30.3. The second-order valence-corrected chi connectivity index (χ2v) is 10.4. The van der Waals surface area contributed by atoms with Crippen molar-refractivity contribution in [1.29, 1.82) is 0 Å². The first-order valence-electron chi connectivity index (χ1n) is 12.5. The predicted octanol–water partition coefficient (Wildman–Crippen LogP) is 3.68. The Kier molecular flexibility index (Phi) is 6.67. The number of rotatable bonds is 4. The number of piperidine rings is 1. The summed E-state index contributed by atoms with van der Waals surface area (Å²) in [5.74, 6) is 0.507. The molecule has 1 aliphatic carbocycles. The van der Waals surface area contributed by atoms with Gasteiger partial charge in [-0.05, 0) is 69.6 Å². The van der Waals surface area contributed by atoms with E-state index in [0.29, 0.717) is 24.7 Å². The Hall–Kier alpha value is -2.38. The van der Waals surface area contributed by atoms with Gasteiger partial charge in [-0.2, -0.15) is 5.10 Å². The van der Waals surface area contributed by atoms with Crippen LogP contribution < -0.4 is 0 Å². The highest BCUT2D eigenvalue weighted by Crippen LogP contribution is 2.30. The van der Waals surface area contributed by atoms with Crippen LogP contribution in [-0.4, -0.2) is 69.8 Å². The third-order valence-corrected chi connectivity index (χ3v) is 7.64. The van der Waals surface area contributed by atoms with Crippen LogP contribution in [0.25, 0.3) is 0 Å². The lowest BCUT2D eigenvalue weighted by Gasteiger charge is -2.35. The van der Waals surface area contributed by atoms with Crippen LogP contribution in [0, 0.1) is 0 Å². The molecule has 1 aromatic carbocycles. The van der Waals surface area contributed by atoms with Crippen molar-refractivity contribution in [2.45, 2.75) is 70.6 Å². The van der Waals surface area contributed by atoms with Gasteiger partial charge < -0.3 is 14.5 Å². The standard InChI is InChI=1S/C26H33ClN4O3/c1-17-14-30(15-18(2)34-17)26(33)25-22-4-3-5-23(22)31(28-25)16-24(32)29-12-10-20(11-13-29)19-6-8-21(27)9-7-19/h6-9,17-18,20H,3-5,10-16H2,1-2H3/t17-,18+. The second-order valence-electron chi connectivity index (χ2n) is 9.96. The monoisotopic (exact) mass is 484 g/mol. The van der Waals surface area contributed by atoms with Crippen LogP contribution in [0.5, 0.6) is 0 Å². The Morgan fingerprint density at radius 3 is 2.38 bits per heavy atom. The van der Waals surface area contributed by atoms with Gasteiger partial charge in [-0.3, -0.25) is 14.3 Å². The number of amides is 2. The number of aromatic nitrogens is 2. The average Bonchev–Trinajstić information content (AvgIpc) is 3.42. The summed E-state index contributed by atoms with van der Waals surface area (Å²) in [6.07, 6.45) is 4.65. The molecule has 0 unspecified atom stereocenters. The van der Waals surface area contributed by atoms with E-state index >= 15 is 0 Å². The van der Waals surface area contributed by atoms with E-state index in [1.54, 1.807) is 4.68 Å². The highest BCUT2D eigenvalue weighted by atomic mass is 35.5. The van der Waals surface area contributed by atoms with Crippen molar-refractivity contribution in [1.82, 2.24) is 19.6 Å². The number of ether oxygens (including phenoxy) is 1. The summed E-state index contributed by atoms with van der Waals surface area (Å²) in [6, 6.07) is 8.05. The molecule has 0 N–H and O–H groups in total. The third kappa shape index (κ3) is 4.73. The van der Waals surface area contributed by atoms with Gasteiger partial charge in [-0.25, -0.2) is 0 Å². The highest BCUT2D eigenvalue weighted by Gasteiger charge is 2.33. The van der Waals surface area contributed by atoms with Crippen molar-refractivity contribution in [3.63, 3.8) is 0 Å². The zero-order chi connectivity index (χ0) is 23.8. The molecule has 0 bridgehead atoms. The number of hydrogen-bond acceptors (Lipinski definition) is 4. The van der Waals surface area contributed by atoms with Crippen molar-refractivity contribution in [3.8, 4) is 0 Å². The number of morpholine rings is 1. The molecule has 2 fully saturated rings. The summed E-state index contributed by atoms with van der Waals surface area (Å²) in [6.45, 7) is 6.83. The van der Waals surface area contributed by atoms with Gasteiger partial charge >= 0.3 is 0 Å². The lowest BCUT2D eigenvalue weighted by Crippen LogP contribution is -2.48.